The number of nitrogens with zero attached hydrogens (tertiary/aromatic N) is 1. The molecule has 0 unspecified atom stereocenters. The van der Waals surface area contributed by atoms with Crippen molar-refractivity contribution in [3.05, 3.63) is 34.9 Å². The lowest BCUT2D eigenvalue weighted by Crippen LogP contribution is -2.43. The lowest BCUT2D eigenvalue weighted by molar-refractivity contribution is 0.0619. The van der Waals surface area contributed by atoms with Gasteiger partial charge in [0.15, 0.2) is 0 Å². The zero-order chi connectivity index (χ0) is 11.5. The lowest BCUT2D eigenvalue weighted by atomic mass is 9.89. The number of aryl methyl sites for hydroxylation is 1. The SMILES string of the molecule is Cc1cc(C#N)ccc1CNC1CC(O)C1. The minimum Gasteiger partial charge on any atom is -0.393 e. The van der Waals surface area contributed by atoms with Crippen molar-refractivity contribution < 1.29 is 5.11 Å². The number of hydrogen-bond acceptors (Lipinski definition) is 3. The van der Waals surface area contributed by atoms with E-state index in [0.29, 0.717) is 11.6 Å². The van der Waals surface area contributed by atoms with Gasteiger partial charge in [-0.05, 0) is 43.0 Å². The van der Waals surface area contributed by atoms with Crippen molar-refractivity contribution in [3.63, 3.8) is 0 Å². The van der Waals surface area contributed by atoms with Crippen molar-refractivity contribution in [2.24, 2.45) is 0 Å². The molecular formula is C13H16N2O. The van der Waals surface area contributed by atoms with E-state index in [0.717, 1.165) is 24.9 Å². The van der Waals surface area contributed by atoms with Crippen LogP contribution in [0.4, 0.5) is 0 Å². The first kappa shape index (κ1) is 11.1. The van der Waals surface area contributed by atoms with Crippen LogP contribution in [0.15, 0.2) is 18.2 Å². The van der Waals surface area contributed by atoms with E-state index in [1.54, 1.807) is 0 Å². The fourth-order valence-electron chi connectivity index (χ4n) is 1.97. The average Bonchev–Trinajstić information content (AvgIpc) is 2.24. The Morgan fingerprint density at radius 3 is 2.81 bits per heavy atom. The third-order valence-electron chi connectivity index (χ3n) is 3.17. The van der Waals surface area contributed by atoms with Crippen LogP contribution >= 0.6 is 0 Å². The van der Waals surface area contributed by atoms with Gasteiger partial charge in [-0.3, -0.25) is 0 Å². The van der Waals surface area contributed by atoms with E-state index in [1.807, 2.05) is 25.1 Å². The van der Waals surface area contributed by atoms with Crippen LogP contribution in [-0.2, 0) is 6.54 Å². The van der Waals surface area contributed by atoms with E-state index in [9.17, 15) is 0 Å². The molecule has 0 amide bonds. The average molecular weight is 216 g/mol. The van der Waals surface area contributed by atoms with E-state index in [4.69, 9.17) is 10.4 Å². The van der Waals surface area contributed by atoms with Gasteiger partial charge >= 0.3 is 0 Å². The molecule has 1 saturated carbocycles. The summed E-state index contributed by atoms with van der Waals surface area (Å²) in [7, 11) is 0. The first-order chi connectivity index (χ1) is 7.69. The van der Waals surface area contributed by atoms with Gasteiger partial charge in [-0.25, -0.2) is 0 Å². The molecule has 0 aliphatic heterocycles. The fraction of sp³-hybridized carbons (Fsp3) is 0.462. The highest BCUT2D eigenvalue weighted by Crippen LogP contribution is 2.20. The maximum absolute atomic E-state index is 9.16. The van der Waals surface area contributed by atoms with Gasteiger partial charge in [0.2, 0.25) is 0 Å². The molecule has 84 valence electrons. The lowest BCUT2D eigenvalue weighted by Gasteiger charge is -2.32. The number of aliphatic hydroxyl groups is 1. The van der Waals surface area contributed by atoms with Crippen molar-refractivity contribution in [2.75, 3.05) is 0 Å². The van der Waals surface area contributed by atoms with Crippen molar-refractivity contribution in [1.29, 1.82) is 5.26 Å². The van der Waals surface area contributed by atoms with Gasteiger partial charge < -0.3 is 10.4 Å². The molecule has 2 N–H and O–H groups in total. The number of nitriles is 1. The largest absolute Gasteiger partial charge is 0.393 e. The molecule has 1 aromatic rings. The van der Waals surface area contributed by atoms with E-state index < -0.39 is 0 Å². The molecule has 0 saturated heterocycles. The summed E-state index contributed by atoms with van der Waals surface area (Å²) in [4.78, 5) is 0. The van der Waals surface area contributed by atoms with Crippen LogP contribution in [0.2, 0.25) is 0 Å². The fourth-order valence-corrected chi connectivity index (χ4v) is 1.97. The summed E-state index contributed by atoms with van der Waals surface area (Å²) in [6.07, 6.45) is 1.60. The molecule has 0 bridgehead atoms. The Morgan fingerprint density at radius 1 is 1.50 bits per heavy atom. The Balaban J connectivity index is 1.92. The van der Waals surface area contributed by atoms with Crippen molar-refractivity contribution >= 4 is 0 Å². The first-order valence-corrected chi connectivity index (χ1v) is 5.60. The van der Waals surface area contributed by atoms with Crippen LogP contribution in [-0.4, -0.2) is 17.3 Å². The van der Waals surface area contributed by atoms with Crippen LogP contribution in [0.3, 0.4) is 0 Å². The molecule has 0 atom stereocenters. The maximum atomic E-state index is 9.16. The molecule has 1 aromatic carbocycles. The number of rotatable bonds is 3. The van der Waals surface area contributed by atoms with E-state index >= 15 is 0 Å². The quantitative estimate of drug-likeness (QED) is 0.804. The highest BCUT2D eigenvalue weighted by atomic mass is 16.3. The summed E-state index contributed by atoms with van der Waals surface area (Å²) < 4.78 is 0. The van der Waals surface area contributed by atoms with Gasteiger partial charge in [0, 0.05) is 12.6 Å². The smallest absolute Gasteiger partial charge is 0.0991 e. The molecule has 3 nitrogen and oxygen atoms in total. The summed E-state index contributed by atoms with van der Waals surface area (Å²) in [6.45, 7) is 2.84. The summed E-state index contributed by atoms with van der Waals surface area (Å²) in [5, 5.41) is 21.3. The molecule has 3 heteroatoms. The van der Waals surface area contributed by atoms with Gasteiger partial charge in [-0.2, -0.15) is 5.26 Å². The van der Waals surface area contributed by atoms with Gasteiger partial charge in [0.05, 0.1) is 17.7 Å². The molecule has 0 heterocycles. The zero-order valence-electron chi connectivity index (χ0n) is 9.40. The van der Waals surface area contributed by atoms with E-state index in [1.165, 1.54) is 5.56 Å². The molecular weight excluding hydrogens is 200 g/mol. The van der Waals surface area contributed by atoms with Crippen LogP contribution in [0.5, 0.6) is 0 Å². The van der Waals surface area contributed by atoms with E-state index in [-0.39, 0.29) is 6.10 Å². The van der Waals surface area contributed by atoms with Crippen LogP contribution < -0.4 is 5.32 Å². The molecule has 2 rings (SSSR count). The predicted molar refractivity (Wildman–Crippen MR) is 61.8 cm³/mol. The van der Waals surface area contributed by atoms with Crippen LogP contribution in [0.25, 0.3) is 0 Å². The standard InChI is InChI=1S/C13H16N2O/c1-9-4-10(7-14)2-3-11(9)8-15-12-5-13(16)6-12/h2-4,12-13,15-16H,5-6,8H2,1H3. The Bertz CT molecular complexity index is 416. The second-order valence-corrected chi connectivity index (χ2v) is 4.46. The molecule has 0 spiro atoms. The van der Waals surface area contributed by atoms with Crippen LogP contribution in [0.1, 0.15) is 29.5 Å². The van der Waals surface area contributed by atoms with Gasteiger partial charge in [0.25, 0.3) is 0 Å². The van der Waals surface area contributed by atoms with Gasteiger partial charge in [-0.1, -0.05) is 6.07 Å². The summed E-state index contributed by atoms with van der Waals surface area (Å²) in [5.41, 5.74) is 3.08. The summed E-state index contributed by atoms with van der Waals surface area (Å²) >= 11 is 0. The first-order valence-electron chi connectivity index (χ1n) is 5.60. The van der Waals surface area contributed by atoms with Crippen molar-refractivity contribution in [3.8, 4) is 6.07 Å². The molecule has 0 aromatic heterocycles. The second kappa shape index (κ2) is 4.65. The maximum Gasteiger partial charge on any atom is 0.0991 e. The van der Waals surface area contributed by atoms with Crippen LogP contribution in [0, 0.1) is 18.3 Å². The number of hydrogen-bond donors (Lipinski definition) is 2. The number of aliphatic hydroxyl groups excluding tert-OH is 1. The minimum atomic E-state index is -0.112. The van der Waals surface area contributed by atoms with Gasteiger partial charge in [-0.15, -0.1) is 0 Å². The van der Waals surface area contributed by atoms with Crippen molar-refractivity contribution in [1.82, 2.24) is 5.32 Å². The third kappa shape index (κ3) is 2.41. The number of nitrogens with one attached hydrogen (secondary N) is 1. The number of benzene rings is 1. The second-order valence-electron chi connectivity index (χ2n) is 4.46. The van der Waals surface area contributed by atoms with Crippen molar-refractivity contribution in [2.45, 2.75) is 38.5 Å². The van der Waals surface area contributed by atoms with Gasteiger partial charge in [0.1, 0.15) is 0 Å². The Morgan fingerprint density at radius 2 is 2.25 bits per heavy atom. The minimum absolute atomic E-state index is 0.112. The topological polar surface area (TPSA) is 56.0 Å². The summed E-state index contributed by atoms with van der Waals surface area (Å²) in [5.74, 6) is 0. The Hall–Kier alpha value is -1.37. The molecule has 1 fully saturated rings. The summed E-state index contributed by atoms with van der Waals surface area (Å²) in [6, 6.07) is 8.34. The monoisotopic (exact) mass is 216 g/mol. The molecule has 1 aliphatic rings. The Labute approximate surface area is 95.7 Å². The van der Waals surface area contributed by atoms with E-state index in [2.05, 4.69) is 11.4 Å². The highest BCUT2D eigenvalue weighted by molar-refractivity contribution is 5.37. The molecule has 0 radical (unpaired) electrons. The zero-order valence-corrected chi connectivity index (χ0v) is 9.40. The normalized spacial score (nSPS) is 23.6. The highest BCUT2D eigenvalue weighted by Gasteiger charge is 2.26. The molecule has 16 heavy (non-hydrogen) atoms. The Kier molecular flexibility index (Phi) is 3.23. The predicted octanol–water partition coefficient (Wildman–Crippen LogP) is 1.48. The molecule has 1 aliphatic carbocycles. The third-order valence-corrected chi connectivity index (χ3v) is 3.17.